The third-order valence-corrected chi connectivity index (χ3v) is 3.79. The maximum absolute atomic E-state index is 3.08. The summed E-state index contributed by atoms with van der Waals surface area (Å²) < 4.78 is 1.32. The van der Waals surface area contributed by atoms with Crippen LogP contribution < -0.4 is 0 Å². The second-order valence-corrected chi connectivity index (χ2v) is 5.13. The zero-order valence-electron chi connectivity index (χ0n) is 10.4. The van der Waals surface area contributed by atoms with Gasteiger partial charge in [0.2, 0.25) is 0 Å². The normalized spacial score (nSPS) is 10.1. The molecule has 0 aliphatic rings. The first-order valence-corrected chi connectivity index (χ1v) is 7.03. The topological polar surface area (TPSA) is 0 Å². The van der Waals surface area contributed by atoms with Crippen LogP contribution in [0.1, 0.15) is 0 Å². The van der Waals surface area contributed by atoms with Gasteiger partial charge in [-0.25, -0.2) is 0 Å². The van der Waals surface area contributed by atoms with E-state index in [1.807, 2.05) is 18.2 Å². The van der Waals surface area contributed by atoms with E-state index >= 15 is 0 Å². The van der Waals surface area contributed by atoms with Crippen molar-refractivity contribution >= 4 is 32.2 Å². The maximum atomic E-state index is 3.08. The van der Waals surface area contributed by atoms with Crippen molar-refractivity contribution in [2.24, 2.45) is 0 Å². The lowest BCUT2D eigenvalue weighted by Crippen LogP contribution is -1.67. The minimum absolute atomic E-state index is 1.29. The molecule has 0 spiro atoms. The van der Waals surface area contributed by atoms with E-state index in [2.05, 4.69) is 66.0 Å². The molecule has 0 amide bonds. The van der Waals surface area contributed by atoms with E-state index in [1.54, 1.807) is 11.3 Å². The zero-order valence-corrected chi connectivity index (χ0v) is 11.2. The van der Waals surface area contributed by atoms with Gasteiger partial charge < -0.3 is 0 Å². The highest BCUT2D eigenvalue weighted by atomic mass is 32.1. The van der Waals surface area contributed by atoms with Crippen LogP contribution in [0.15, 0.2) is 78.9 Å². The van der Waals surface area contributed by atoms with Crippen LogP contribution in [0.3, 0.4) is 0 Å². The molecule has 1 heterocycles. The first kappa shape index (κ1) is 11.9. The lowest BCUT2D eigenvalue weighted by molar-refractivity contribution is 1.75. The van der Waals surface area contributed by atoms with Gasteiger partial charge >= 0.3 is 0 Å². The summed E-state index contributed by atoms with van der Waals surface area (Å²) in [6.07, 6.45) is 0. The molecule has 3 aromatic carbocycles. The quantitative estimate of drug-likeness (QED) is 0.390. The lowest BCUT2D eigenvalue weighted by Gasteiger charge is -1.92. The van der Waals surface area contributed by atoms with Crippen LogP contribution in [0.25, 0.3) is 20.9 Å². The SMILES string of the molecule is [c]1cc2ccccc2s1.c1ccc2ccccc2c1. The molecular weight excluding hydrogens is 248 g/mol. The Bertz CT molecular complexity index is 688. The second-order valence-electron chi connectivity index (χ2n) is 4.25. The summed E-state index contributed by atoms with van der Waals surface area (Å²) in [5, 5.41) is 6.99. The minimum Gasteiger partial charge on any atom is -0.134 e. The van der Waals surface area contributed by atoms with Gasteiger partial charge in [-0.3, -0.25) is 0 Å². The van der Waals surface area contributed by atoms with Crippen molar-refractivity contribution in [1.82, 2.24) is 0 Å². The summed E-state index contributed by atoms with van der Waals surface area (Å²) in [5.74, 6) is 0. The standard InChI is InChI=1S/C10H8.C8H5S/c1-2-6-10-8-4-3-7-9(10)5-1;1-2-4-8-7(3-1)5-6-9-8/h1-8H;1-5H. The minimum atomic E-state index is 1.29. The van der Waals surface area contributed by atoms with Gasteiger partial charge in [0.05, 0.1) is 0 Å². The molecule has 0 bridgehead atoms. The second kappa shape index (κ2) is 5.68. The fraction of sp³-hybridized carbons (Fsp3) is 0. The molecule has 1 aromatic heterocycles. The number of rotatable bonds is 0. The molecule has 0 saturated heterocycles. The molecule has 0 unspecified atom stereocenters. The number of hydrogen-bond donors (Lipinski definition) is 0. The predicted molar refractivity (Wildman–Crippen MR) is 84.6 cm³/mol. The van der Waals surface area contributed by atoms with Gasteiger partial charge in [-0.15, -0.1) is 11.3 Å². The molecule has 0 nitrogen and oxygen atoms in total. The summed E-state index contributed by atoms with van der Waals surface area (Å²) in [6.45, 7) is 0. The maximum Gasteiger partial charge on any atom is 0.0455 e. The zero-order chi connectivity index (χ0) is 12.9. The molecule has 91 valence electrons. The van der Waals surface area contributed by atoms with E-state index in [1.165, 1.54) is 20.9 Å². The highest BCUT2D eigenvalue weighted by molar-refractivity contribution is 7.16. The van der Waals surface area contributed by atoms with Crippen molar-refractivity contribution in [2.75, 3.05) is 0 Å². The number of thiophene rings is 1. The van der Waals surface area contributed by atoms with E-state index in [4.69, 9.17) is 0 Å². The summed E-state index contributed by atoms with van der Waals surface area (Å²) in [7, 11) is 0. The fourth-order valence-electron chi connectivity index (χ4n) is 1.98. The van der Waals surface area contributed by atoms with Crippen molar-refractivity contribution in [1.29, 1.82) is 0 Å². The van der Waals surface area contributed by atoms with Gasteiger partial charge in [-0.1, -0.05) is 66.7 Å². The molecular formula is C18H13S. The summed E-state index contributed by atoms with van der Waals surface area (Å²) in [5.41, 5.74) is 0. The summed E-state index contributed by atoms with van der Waals surface area (Å²) in [6, 6.07) is 27.0. The Hall–Kier alpha value is -2.12. The number of benzene rings is 3. The molecule has 0 N–H and O–H groups in total. The molecule has 4 aromatic rings. The largest absolute Gasteiger partial charge is 0.134 e. The molecule has 1 radical (unpaired) electrons. The molecule has 0 saturated carbocycles. The van der Waals surface area contributed by atoms with E-state index in [9.17, 15) is 0 Å². The van der Waals surface area contributed by atoms with Crippen molar-refractivity contribution in [3.05, 3.63) is 84.2 Å². The summed E-state index contributed by atoms with van der Waals surface area (Å²) >= 11 is 1.66. The first-order chi connectivity index (χ1) is 9.43. The number of hydrogen-bond acceptors (Lipinski definition) is 1. The first-order valence-electron chi connectivity index (χ1n) is 6.22. The van der Waals surface area contributed by atoms with Crippen molar-refractivity contribution in [3.63, 3.8) is 0 Å². The van der Waals surface area contributed by atoms with Gasteiger partial charge in [0.25, 0.3) is 0 Å². The van der Waals surface area contributed by atoms with Crippen LogP contribution in [0.2, 0.25) is 0 Å². The number of fused-ring (bicyclic) bond motifs is 2. The van der Waals surface area contributed by atoms with Gasteiger partial charge in [0, 0.05) is 10.1 Å². The Balaban J connectivity index is 0.000000117. The van der Waals surface area contributed by atoms with Gasteiger partial charge in [-0.05, 0) is 28.3 Å². The molecule has 19 heavy (non-hydrogen) atoms. The van der Waals surface area contributed by atoms with Gasteiger partial charge in [0.1, 0.15) is 0 Å². The van der Waals surface area contributed by atoms with E-state index in [-0.39, 0.29) is 0 Å². The molecule has 0 atom stereocenters. The third kappa shape index (κ3) is 2.83. The lowest BCUT2D eigenvalue weighted by atomic mass is 10.1. The van der Waals surface area contributed by atoms with Crippen LogP contribution in [0, 0.1) is 5.38 Å². The fourth-order valence-corrected chi connectivity index (χ4v) is 2.69. The van der Waals surface area contributed by atoms with Crippen LogP contribution in [-0.2, 0) is 0 Å². The molecule has 0 aliphatic heterocycles. The van der Waals surface area contributed by atoms with Crippen molar-refractivity contribution in [2.45, 2.75) is 0 Å². The van der Waals surface area contributed by atoms with Crippen LogP contribution in [0.5, 0.6) is 0 Å². The van der Waals surface area contributed by atoms with Crippen LogP contribution in [0.4, 0.5) is 0 Å². The molecule has 1 heteroatoms. The Kier molecular flexibility index (Phi) is 3.57. The van der Waals surface area contributed by atoms with E-state index < -0.39 is 0 Å². The molecule has 0 aliphatic carbocycles. The Morgan fingerprint density at radius 2 is 1.05 bits per heavy atom. The molecule has 4 rings (SSSR count). The van der Waals surface area contributed by atoms with Gasteiger partial charge in [0.15, 0.2) is 0 Å². The average molecular weight is 261 g/mol. The highest BCUT2D eigenvalue weighted by Gasteiger charge is 1.88. The molecule has 0 fully saturated rings. The van der Waals surface area contributed by atoms with Crippen molar-refractivity contribution < 1.29 is 0 Å². The Morgan fingerprint density at radius 3 is 1.58 bits per heavy atom. The third-order valence-electron chi connectivity index (χ3n) is 2.96. The summed E-state index contributed by atoms with van der Waals surface area (Å²) in [4.78, 5) is 0. The van der Waals surface area contributed by atoms with Crippen LogP contribution in [-0.4, -0.2) is 0 Å². The predicted octanol–water partition coefficient (Wildman–Crippen LogP) is 5.54. The van der Waals surface area contributed by atoms with Crippen LogP contribution >= 0.6 is 11.3 Å². The average Bonchev–Trinajstić information content (AvgIpc) is 2.96. The Labute approximate surface area is 116 Å². The Morgan fingerprint density at radius 1 is 0.579 bits per heavy atom. The highest BCUT2D eigenvalue weighted by Crippen LogP contribution is 2.18. The van der Waals surface area contributed by atoms with Gasteiger partial charge in [-0.2, -0.15) is 0 Å². The van der Waals surface area contributed by atoms with E-state index in [0.717, 1.165) is 0 Å². The smallest absolute Gasteiger partial charge is 0.0455 e. The van der Waals surface area contributed by atoms with E-state index in [0.29, 0.717) is 0 Å². The van der Waals surface area contributed by atoms with Crippen molar-refractivity contribution in [3.8, 4) is 0 Å². The monoisotopic (exact) mass is 261 g/mol.